The molecular weight excluding hydrogens is 774 g/mol. The van der Waals surface area contributed by atoms with Gasteiger partial charge < -0.3 is 24.8 Å². The maximum Gasteiger partial charge on any atom is -0.172 e. The summed E-state index contributed by atoms with van der Waals surface area (Å²) in [5.41, 5.74) is 15.7. The molecule has 1 aliphatic carbocycles. The third kappa shape index (κ3) is 11.7. The zero-order chi connectivity index (χ0) is 37.2. The second kappa shape index (κ2) is 18.0. The van der Waals surface area contributed by atoms with E-state index in [0.717, 1.165) is 11.4 Å². The summed E-state index contributed by atoms with van der Waals surface area (Å²) in [4.78, 5) is 0. The van der Waals surface area contributed by atoms with Crippen molar-refractivity contribution in [1.82, 2.24) is 0 Å². The van der Waals surface area contributed by atoms with Crippen LogP contribution in [-0.4, -0.2) is 3.21 Å². The van der Waals surface area contributed by atoms with Crippen molar-refractivity contribution in [3.63, 3.8) is 0 Å². The van der Waals surface area contributed by atoms with E-state index in [0.29, 0.717) is 0 Å². The molecule has 0 nitrogen and oxygen atoms in total. The Kier molecular flexibility index (Phi) is 15.9. The van der Waals surface area contributed by atoms with Gasteiger partial charge in [-0.05, 0) is 39.4 Å². The van der Waals surface area contributed by atoms with E-state index in [2.05, 4.69) is 145 Å². The van der Waals surface area contributed by atoms with Crippen LogP contribution in [0.1, 0.15) is 133 Å². The number of hydrogen-bond donors (Lipinski definition) is 0. The van der Waals surface area contributed by atoms with Crippen LogP contribution < -0.4 is 24.8 Å². The van der Waals surface area contributed by atoms with Gasteiger partial charge in [-0.1, -0.05) is 106 Å². The van der Waals surface area contributed by atoms with Crippen molar-refractivity contribution in [3.8, 4) is 11.1 Å². The maximum absolute atomic E-state index is 6.00. The van der Waals surface area contributed by atoms with Gasteiger partial charge in [0, 0.05) is 0 Å². The standard InChI is InChI=1S/C29H41.C14H11Cl.C5H5.2ClH.Zr/c1-26(2,3)22-14-18-13-19-15-23(27(4,5)6)25(29(10,11)12)17-21(19)20(18)16-24(22)28(7,8)9;1-11-5-7-12(8-6-11)9-13-3-2-4-14(15)10-13;1-2-4-5-3-1;;;/h14,16-17H,13H2,1-12H3;2-8,10H,1H3;1-5H;2*1H;/q-1;;-1;;;+2/p-2. The molecule has 0 unspecified atom stereocenters. The van der Waals surface area contributed by atoms with Crippen molar-refractivity contribution < 1.29 is 49.0 Å². The number of hydrogen-bond acceptors (Lipinski definition) is 0. The first-order valence-electron chi connectivity index (χ1n) is 17.9. The molecule has 0 heterocycles. The van der Waals surface area contributed by atoms with Crippen molar-refractivity contribution in [2.24, 2.45) is 0 Å². The Morgan fingerprint density at radius 3 is 1.60 bits per heavy atom. The second-order valence-electron chi connectivity index (χ2n) is 17.9. The Morgan fingerprint density at radius 1 is 0.615 bits per heavy atom. The molecule has 0 spiro atoms. The average Bonchev–Trinajstić information content (AvgIpc) is 3.70. The summed E-state index contributed by atoms with van der Waals surface area (Å²) in [5, 5.41) is 0.796. The molecule has 0 atom stereocenters. The van der Waals surface area contributed by atoms with Gasteiger partial charge in [0.25, 0.3) is 0 Å². The summed E-state index contributed by atoms with van der Waals surface area (Å²) < 4.78 is 1.34. The number of fused-ring (bicyclic) bond motifs is 3. The van der Waals surface area contributed by atoms with E-state index >= 15 is 0 Å². The van der Waals surface area contributed by atoms with Gasteiger partial charge in [0.15, 0.2) is 0 Å². The van der Waals surface area contributed by atoms with Gasteiger partial charge in [-0.2, -0.15) is 35.9 Å². The smallest absolute Gasteiger partial charge is 0.172 e. The monoisotopic (exact) mass is 828 g/mol. The average molecular weight is 832 g/mol. The Bertz CT molecular complexity index is 1820. The molecule has 4 heteroatoms. The van der Waals surface area contributed by atoms with Crippen molar-refractivity contribution in [2.45, 2.75) is 118 Å². The normalized spacial score (nSPS) is 12.2. The summed E-state index contributed by atoms with van der Waals surface area (Å²) in [6.07, 6.45) is 1.01. The molecule has 0 amide bonds. The van der Waals surface area contributed by atoms with E-state index < -0.39 is 0 Å². The zero-order valence-electron chi connectivity index (χ0n) is 33.6. The second-order valence-corrected chi connectivity index (χ2v) is 19.6. The fourth-order valence-electron chi connectivity index (χ4n) is 6.48. The van der Waals surface area contributed by atoms with E-state index in [1.54, 1.807) is 0 Å². The minimum atomic E-state index is 0. The number of benzene rings is 4. The predicted molar refractivity (Wildman–Crippen MR) is 216 cm³/mol. The van der Waals surface area contributed by atoms with Gasteiger partial charge in [-0.25, -0.2) is 12.1 Å². The van der Waals surface area contributed by atoms with Crippen LogP contribution in [0.15, 0.2) is 97.1 Å². The van der Waals surface area contributed by atoms with E-state index in [-0.39, 0.29) is 46.5 Å². The van der Waals surface area contributed by atoms with Crippen LogP contribution in [0.4, 0.5) is 0 Å². The Labute approximate surface area is 348 Å². The van der Waals surface area contributed by atoms with Crippen molar-refractivity contribution >= 4 is 14.8 Å². The molecule has 276 valence electrons. The Balaban J connectivity index is 0.000000340. The summed E-state index contributed by atoms with van der Waals surface area (Å²) in [6, 6.07) is 38.0. The summed E-state index contributed by atoms with van der Waals surface area (Å²) in [6.45, 7) is 30.1. The number of aryl methyl sites for hydroxylation is 1. The fraction of sp³-hybridized carbons (Fsp3) is 0.375. The SMILES string of the molecule is CC(C)(C)c1[c-]c2c(cc1C(C)(C)C)-c1cc(C(C)(C)C)c(C(C)(C)C)cc1C2.Cc1ccc([C](=[Zr+2])c2cccc(Cl)c2)cc1.[Cl-].[Cl-].c1cc[cH-]c1. The third-order valence-corrected chi connectivity index (χ3v) is 10.9. The van der Waals surface area contributed by atoms with Crippen LogP contribution in [0.3, 0.4) is 0 Å². The first-order chi connectivity index (χ1) is 23.1. The van der Waals surface area contributed by atoms with E-state index in [1.165, 1.54) is 88.6 Å². The molecule has 52 heavy (non-hydrogen) atoms. The molecule has 0 fully saturated rings. The Hall–Kier alpha value is -2.15. The quantitative estimate of drug-likeness (QED) is 0.160. The fourth-order valence-corrected chi connectivity index (χ4v) is 7.46. The molecule has 0 aromatic heterocycles. The third-order valence-electron chi connectivity index (χ3n) is 9.24. The summed E-state index contributed by atoms with van der Waals surface area (Å²) in [5.74, 6) is 0. The molecule has 0 radical (unpaired) electrons. The summed E-state index contributed by atoms with van der Waals surface area (Å²) >= 11 is 7.40. The van der Waals surface area contributed by atoms with Crippen molar-refractivity contribution in [3.05, 3.63) is 158 Å². The minimum absolute atomic E-state index is 0. The van der Waals surface area contributed by atoms with Gasteiger partial charge in [0.2, 0.25) is 0 Å². The largest absolute Gasteiger partial charge is 1.00 e. The molecule has 5 aromatic rings. The Morgan fingerprint density at radius 2 is 1.13 bits per heavy atom. The molecule has 5 aromatic carbocycles. The first kappa shape index (κ1) is 46.0. The molecule has 6 rings (SSSR count). The van der Waals surface area contributed by atoms with Crippen LogP contribution in [0.2, 0.25) is 5.02 Å². The van der Waals surface area contributed by atoms with Crippen LogP contribution in [0, 0.1) is 13.0 Å². The van der Waals surface area contributed by atoms with Crippen molar-refractivity contribution in [1.29, 1.82) is 0 Å². The van der Waals surface area contributed by atoms with Crippen LogP contribution in [0.5, 0.6) is 0 Å². The zero-order valence-corrected chi connectivity index (χ0v) is 38.3. The molecule has 0 saturated carbocycles. The summed E-state index contributed by atoms with van der Waals surface area (Å²) in [7, 11) is 0. The topological polar surface area (TPSA) is 0 Å². The van der Waals surface area contributed by atoms with Gasteiger partial charge >= 0.3 is 116 Å². The molecule has 0 bridgehead atoms. The molecule has 0 aliphatic heterocycles. The van der Waals surface area contributed by atoms with Crippen LogP contribution in [0.25, 0.3) is 11.1 Å². The minimum Gasteiger partial charge on any atom is -1.00 e. The van der Waals surface area contributed by atoms with E-state index in [9.17, 15) is 0 Å². The van der Waals surface area contributed by atoms with E-state index in [1.807, 2.05) is 48.5 Å². The van der Waals surface area contributed by atoms with Gasteiger partial charge in [0.05, 0.1) is 0 Å². The first-order valence-corrected chi connectivity index (χ1v) is 19.5. The van der Waals surface area contributed by atoms with Gasteiger partial charge in [-0.3, -0.25) is 0 Å². The van der Waals surface area contributed by atoms with Gasteiger partial charge in [-0.15, -0.1) is 16.7 Å². The number of rotatable bonds is 2. The maximum atomic E-state index is 6.00. The molecule has 1 aliphatic rings. The number of halogens is 3. The predicted octanol–water partition coefficient (Wildman–Crippen LogP) is 7.43. The van der Waals surface area contributed by atoms with Crippen LogP contribution >= 0.6 is 11.6 Å². The molecule has 0 saturated heterocycles. The molecular formula is C48H57Cl3Zr-2. The molecule has 0 N–H and O–H groups in total. The van der Waals surface area contributed by atoms with Gasteiger partial charge in [0.1, 0.15) is 0 Å². The van der Waals surface area contributed by atoms with E-state index in [4.69, 9.17) is 11.6 Å². The van der Waals surface area contributed by atoms with Crippen LogP contribution in [-0.2, 0) is 52.3 Å². The van der Waals surface area contributed by atoms with Crippen molar-refractivity contribution in [2.75, 3.05) is 0 Å².